The Morgan fingerprint density at radius 1 is 0.500 bits per heavy atom. The zero-order chi connectivity index (χ0) is 10.5. The van der Waals surface area contributed by atoms with Crippen molar-refractivity contribution in [1.82, 2.24) is 0 Å². The number of allylic oxidation sites excluding steroid dienone is 2. The third-order valence-electron chi connectivity index (χ3n) is 2.57. The van der Waals surface area contributed by atoms with Gasteiger partial charge in [0.25, 0.3) is 0 Å². The molecule has 0 aliphatic rings. The topological polar surface area (TPSA) is 0 Å². The van der Waals surface area contributed by atoms with E-state index in [4.69, 9.17) is 0 Å². The minimum absolute atomic E-state index is 1.19. The third kappa shape index (κ3) is 11.5. The molecular weight excluding hydrogens is 168 g/mol. The fourth-order valence-electron chi connectivity index (χ4n) is 1.64. The van der Waals surface area contributed by atoms with Crippen LogP contribution in [0.25, 0.3) is 0 Å². The first-order valence-corrected chi connectivity index (χ1v) is 6.13. The van der Waals surface area contributed by atoms with E-state index in [1.54, 1.807) is 0 Å². The predicted octanol–water partition coefficient (Wildman–Crippen LogP) is 5.26. The summed E-state index contributed by atoms with van der Waals surface area (Å²) in [5.74, 6) is 0. The standard InChI is InChI=1S/C14H26/c1-3-5-7-9-11-13-14-12-10-8-6-4-2/h3-4H,1-2,5-14H2. The zero-order valence-corrected chi connectivity index (χ0v) is 9.64. The molecule has 0 aromatic rings. The molecule has 0 heterocycles. The molecule has 0 amide bonds. The second-order valence-corrected chi connectivity index (χ2v) is 3.98. The Labute approximate surface area is 90.1 Å². The summed E-state index contributed by atoms with van der Waals surface area (Å²) >= 11 is 0. The highest BCUT2D eigenvalue weighted by Crippen LogP contribution is 2.10. The molecule has 0 saturated carbocycles. The molecule has 14 heavy (non-hydrogen) atoms. The molecule has 0 fully saturated rings. The van der Waals surface area contributed by atoms with Crippen molar-refractivity contribution in [3.05, 3.63) is 25.3 Å². The summed E-state index contributed by atoms with van der Waals surface area (Å²) in [7, 11) is 0. The van der Waals surface area contributed by atoms with Crippen molar-refractivity contribution in [2.24, 2.45) is 0 Å². The first-order chi connectivity index (χ1) is 6.91. The van der Waals surface area contributed by atoms with Gasteiger partial charge in [-0.05, 0) is 25.7 Å². The van der Waals surface area contributed by atoms with E-state index in [1.165, 1.54) is 64.2 Å². The van der Waals surface area contributed by atoms with Crippen molar-refractivity contribution in [2.75, 3.05) is 0 Å². The van der Waals surface area contributed by atoms with E-state index in [9.17, 15) is 0 Å². The summed E-state index contributed by atoms with van der Waals surface area (Å²) in [5, 5.41) is 0. The van der Waals surface area contributed by atoms with Gasteiger partial charge in [0.2, 0.25) is 0 Å². The SMILES string of the molecule is C=CCCCCCCCCCCC=C. The molecule has 0 rings (SSSR count). The average molecular weight is 194 g/mol. The number of hydrogen-bond donors (Lipinski definition) is 0. The molecule has 0 aromatic heterocycles. The van der Waals surface area contributed by atoms with E-state index in [2.05, 4.69) is 13.2 Å². The maximum atomic E-state index is 3.73. The van der Waals surface area contributed by atoms with Gasteiger partial charge in [-0.15, -0.1) is 13.2 Å². The molecule has 0 bridgehead atoms. The smallest absolute Gasteiger partial charge is 0.0353 e. The molecule has 0 heteroatoms. The second-order valence-electron chi connectivity index (χ2n) is 3.98. The van der Waals surface area contributed by atoms with Crippen LogP contribution in [0.5, 0.6) is 0 Å². The lowest BCUT2D eigenvalue weighted by Gasteiger charge is -2.00. The van der Waals surface area contributed by atoms with E-state index < -0.39 is 0 Å². The normalized spacial score (nSPS) is 10.0. The fraction of sp³-hybridized carbons (Fsp3) is 0.714. The Hall–Kier alpha value is -0.520. The van der Waals surface area contributed by atoms with E-state index in [-0.39, 0.29) is 0 Å². The van der Waals surface area contributed by atoms with Crippen LogP contribution < -0.4 is 0 Å². The molecule has 82 valence electrons. The number of hydrogen-bond acceptors (Lipinski definition) is 0. The maximum absolute atomic E-state index is 3.73. The van der Waals surface area contributed by atoms with Crippen molar-refractivity contribution in [2.45, 2.75) is 64.2 Å². The van der Waals surface area contributed by atoms with Gasteiger partial charge in [-0.2, -0.15) is 0 Å². The largest absolute Gasteiger partial charge is 0.103 e. The highest BCUT2D eigenvalue weighted by Gasteiger charge is 1.90. The van der Waals surface area contributed by atoms with Crippen LogP contribution in [-0.4, -0.2) is 0 Å². The Kier molecular flexibility index (Phi) is 12.0. The summed E-state index contributed by atoms with van der Waals surface area (Å²) in [6.07, 6.45) is 17.5. The minimum Gasteiger partial charge on any atom is -0.103 e. The molecule has 0 radical (unpaired) electrons. The van der Waals surface area contributed by atoms with Gasteiger partial charge in [0.1, 0.15) is 0 Å². The van der Waals surface area contributed by atoms with E-state index in [0.29, 0.717) is 0 Å². The van der Waals surface area contributed by atoms with Crippen LogP contribution in [0, 0.1) is 0 Å². The lowest BCUT2D eigenvalue weighted by molar-refractivity contribution is 0.571. The van der Waals surface area contributed by atoms with Crippen LogP contribution >= 0.6 is 0 Å². The molecule has 0 aliphatic heterocycles. The minimum atomic E-state index is 1.19. The van der Waals surface area contributed by atoms with Crippen LogP contribution in [0.1, 0.15) is 64.2 Å². The zero-order valence-electron chi connectivity index (χ0n) is 9.64. The van der Waals surface area contributed by atoms with Gasteiger partial charge < -0.3 is 0 Å². The first-order valence-electron chi connectivity index (χ1n) is 6.13. The van der Waals surface area contributed by atoms with Crippen LogP contribution in [0.2, 0.25) is 0 Å². The molecule has 0 atom stereocenters. The second kappa shape index (κ2) is 12.5. The Balaban J connectivity index is 2.84. The van der Waals surface area contributed by atoms with Gasteiger partial charge in [0, 0.05) is 0 Å². The Bertz CT molecular complexity index is 108. The van der Waals surface area contributed by atoms with Crippen molar-refractivity contribution in [3.8, 4) is 0 Å². The predicted molar refractivity (Wildman–Crippen MR) is 66.6 cm³/mol. The van der Waals surface area contributed by atoms with Crippen LogP contribution in [0.4, 0.5) is 0 Å². The quantitative estimate of drug-likeness (QED) is 0.311. The Morgan fingerprint density at radius 3 is 1.07 bits per heavy atom. The van der Waals surface area contributed by atoms with Gasteiger partial charge in [-0.25, -0.2) is 0 Å². The van der Waals surface area contributed by atoms with E-state index >= 15 is 0 Å². The average Bonchev–Trinajstić information content (AvgIpc) is 2.21. The van der Waals surface area contributed by atoms with Crippen LogP contribution in [-0.2, 0) is 0 Å². The molecule has 0 aliphatic carbocycles. The fourth-order valence-corrected chi connectivity index (χ4v) is 1.64. The summed E-state index contributed by atoms with van der Waals surface area (Å²) in [6, 6.07) is 0. The molecule has 0 N–H and O–H groups in total. The van der Waals surface area contributed by atoms with Gasteiger partial charge >= 0.3 is 0 Å². The molecular formula is C14H26. The van der Waals surface area contributed by atoms with Gasteiger partial charge in [0.15, 0.2) is 0 Å². The first kappa shape index (κ1) is 13.5. The van der Waals surface area contributed by atoms with Gasteiger partial charge in [-0.3, -0.25) is 0 Å². The molecule has 0 aromatic carbocycles. The third-order valence-corrected chi connectivity index (χ3v) is 2.57. The molecule has 0 nitrogen and oxygen atoms in total. The number of unbranched alkanes of at least 4 members (excludes halogenated alkanes) is 9. The van der Waals surface area contributed by atoms with Crippen LogP contribution in [0.3, 0.4) is 0 Å². The van der Waals surface area contributed by atoms with Gasteiger partial charge in [0.05, 0.1) is 0 Å². The van der Waals surface area contributed by atoms with Crippen LogP contribution in [0.15, 0.2) is 25.3 Å². The Morgan fingerprint density at radius 2 is 0.786 bits per heavy atom. The van der Waals surface area contributed by atoms with Crippen molar-refractivity contribution in [3.63, 3.8) is 0 Å². The lowest BCUT2D eigenvalue weighted by atomic mass is 10.1. The van der Waals surface area contributed by atoms with Crippen molar-refractivity contribution >= 4 is 0 Å². The lowest BCUT2D eigenvalue weighted by Crippen LogP contribution is -1.80. The molecule has 0 unspecified atom stereocenters. The number of rotatable bonds is 11. The summed E-state index contributed by atoms with van der Waals surface area (Å²) in [4.78, 5) is 0. The monoisotopic (exact) mass is 194 g/mol. The van der Waals surface area contributed by atoms with E-state index in [1.807, 2.05) is 12.2 Å². The molecule has 0 saturated heterocycles. The highest BCUT2D eigenvalue weighted by atomic mass is 14.0. The summed E-state index contributed by atoms with van der Waals surface area (Å²) < 4.78 is 0. The molecule has 0 spiro atoms. The van der Waals surface area contributed by atoms with Crippen molar-refractivity contribution < 1.29 is 0 Å². The highest BCUT2D eigenvalue weighted by molar-refractivity contribution is 4.66. The summed E-state index contributed by atoms with van der Waals surface area (Å²) in [5.41, 5.74) is 0. The van der Waals surface area contributed by atoms with Gasteiger partial charge in [-0.1, -0.05) is 50.7 Å². The van der Waals surface area contributed by atoms with Crippen molar-refractivity contribution in [1.29, 1.82) is 0 Å². The summed E-state index contributed by atoms with van der Waals surface area (Å²) in [6.45, 7) is 7.46. The maximum Gasteiger partial charge on any atom is -0.0353 e. The van der Waals surface area contributed by atoms with E-state index in [0.717, 1.165) is 0 Å².